The van der Waals surface area contributed by atoms with Crippen LogP contribution in [0.2, 0.25) is 0 Å². The molecular weight excluding hydrogens is 318 g/mol. The fraction of sp³-hybridized carbons (Fsp3) is 0.500. The van der Waals surface area contributed by atoms with Crippen LogP contribution >= 0.6 is 0 Å². The molecule has 7 heteroatoms. The van der Waals surface area contributed by atoms with Crippen LogP contribution in [0.4, 0.5) is 0 Å². The quantitative estimate of drug-likeness (QED) is 0.593. The molecule has 136 valence electrons. The first-order chi connectivity index (χ1) is 12.0. The summed E-state index contributed by atoms with van der Waals surface area (Å²) in [7, 11) is 1.72. The molecule has 1 atom stereocenters. The maximum atomic E-state index is 6.04. The van der Waals surface area contributed by atoms with Crippen molar-refractivity contribution in [2.75, 3.05) is 7.05 Å². The van der Waals surface area contributed by atoms with Gasteiger partial charge in [0.2, 0.25) is 5.89 Å². The van der Waals surface area contributed by atoms with Crippen molar-refractivity contribution in [2.24, 2.45) is 4.99 Å². The lowest BCUT2D eigenvalue weighted by Crippen LogP contribution is -2.36. The van der Waals surface area contributed by atoms with Gasteiger partial charge in [0.15, 0.2) is 11.8 Å². The zero-order chi connectivity index (χ0) is 18.2. The van der Waals surface area contributed by atoms with Gasteiger partial charge in [-0.2, -0.15) is 4.98 Å². The molecule has 0 spiro atoms. The van der Waals surface area contributed by atoms with Gasteiger partial charge < -0.3 is 19.9 Å². The Morgan fingerprint density at radius 2 is 2.04 bits per heavy atom. The molecule has 0 saturated carbocycles. The van der Waals surface area contributed by atoms with Crippen molar-refractivity contribution in [1.82, 2.24) is 20.8 Å². The van der Waals surface area contributed by atoms with Gasteiger partial charge in [-0.25, -0.2) is 0 Å². The van der Waals surface area contributed by atoms with E-state index in [9.17, 15) is 0 Å². The molecule has 2 N–H and O–H groups in total. The summed E-state index contributed by atoms with van der Waals surface area (Å²) in [5, 5.41) is 10.3. The number of hydrogen-bond acceptors (Lipinski definition) is 5. The molecule has 0 aliphatic heterocycles. The van der Waals surface area contributed by atoms with Gasteiger partial charge in [-0.15, -0.1) is 0 Å². The summed E-state index contributed by atoms with van der Waals surface area (Å²) in [5.74, 6) is 2.71. The Morgan fingerprint density at radius 3 is 2.68 bits per heavy atom. The third kappa shape index (κ3) is 5.77. The molecule has 0 bridgehead atoms. The highest BCUT2D eigenvalue weighted by molar-refractivity contribution is 5.79. The number of rotatable bonds is 7. The Labute approximate surface area is 148 Å². The zero-order valence-corrected chi connectivity index (χ0v) is 15.6. The molecule has 1 heterocycles. The molecule has 2 rings (SSSR count). The molecule has 0 aliphatic carbocycles. The lowest BCUT2D eigenvalue weighted by atomic mass is 10.1. The number of aromatic nitrogens is 2. The minimum absolute atomic E-state index is 0.180. The van der Waals surface area contributed by atoms with E-state index in [-0.39, 0.29) is 6.10 Å². The van der Waals surface area contributed by atoms with E-state index in [0.717, 1.165) is 17.7 Å². The lowest BCUT2D eigenvalue weighted by Gasteiger charge is -2.18. The van der Waals surface area contributed by atoms with E-state index < -0.39 is 0 Å². The first-order valence-corrected chi connectivity index (χ1v) is 8.51. The van der Waals surface area contributed by atoms with Gasteiger partial charge in [-0.1, -0.05) is 24.2 Å². The molecule has 0 fully saturated rings. The van der Waals surface area contributed by atoms with Gasteiger partial charge in [-0.05, 0) is 31.9 Å². The predicted molar refractivity (Wildman–Crippen MR) is 97.6 cm³/mol. The van der Waals surface area contributed by atoms with E-state index in [1.807, 2.05) is 0 Å². The van der Waals surface area contributed by atoms with E-state index in [1.165, 1.54) is 5.56 Å². The second-order valence-electron chi connectivity index (χ2n) is 5.96. The molecule has 25 heavy (non-hydrogen) atoms. The average molecular weight is 345 g/mol. The van der Waals surface area contributed by atoms with Gasteiger partial charge in [-0.3, -0.25) is 4.99 Å². The minimum Gasteiger partial charge on any atom is -0.490 e. The molecule has 0 amide bonds. The minimum atomic E-state index is 0.180. The first-order valence-electron chi connectivity index (χ1n) is 8.51. The SMILES string of the molecule is CCC(C)Oc1cc(C)ccc1CNC(=NC)NCc1noc(C)n1. The van der Waals surface area contributed by atoms with Gasteiger partial charge in [0.05, 0.1) is 12.6 Å². The number of aliphatic imine (C=N–C) groups is 1. The summed E-state index contributed by atoms with van der Waals surface area (Å²) in [6.07, 6.45) is 1.15. The van der Waals surface area contributed by atoms with Crippen LogP contribution in [0.1, 0.15) is 43.1 Å². The van der Waals surface area contributed by atoms with Crippen LogP contribution in [0.15, 0.2) is 27.7 Å². The van der Waals surface area contributed by atoms with Crippen molar-refractivity contribution < 1.29 is 9.26 Å². The molecule has 2 aromatic rings. The number of aryl methyl sites for hydroxylation is 2. The number of nitrogens with zero attached hydrogens (tertiary/aromatic N) is 3. The molecule has 1 aromatic carbocycles. The predicted octanol–water partition coefficient (Wildman–Crippen LogP) is 2.73. The Kier molecular flexibility index (Phi) is 6.80. The van der Waals surface area contributed by atoms with Crippen molar-refractivity contribution in [3.8, 4) is 5.75 Å². The molecule has 0 radical (unpaired) electrons. The molecule has 1 unspecified atom stereocenters. The monoisotopic (exact) mass is 345 g/mol. The van der Waals surface area contributed by atoms with Crippen molar-refractivity contribution in [1.29, 1.82) is 0 Å². The fourth-order valence-corrected chi connectivity index (χ4v) is 2.19. The van der Waals surface area contributed by atoms with E-state index in [0.29, 0.717) is 30.8 Å². The number of nitrogens with one attached hydrogen (secondary N) is 2. The van der Waals surface area contributed by atoms with E-state index in [1.54, 1.807) is 14.0 Å². The van der Waals surface area contributed by atoms with Gasteiger partial charge in [0.25, 0.3) is 0 Å². The summed E-state index contributed by atoms with van der Waals surface area (Å²) < 4.78 is 11.0. The highest BCUT2D eigenvalue weighted by atomic mass is 16.5. The topological polar surface area (TPSA) is 84.6 Å². The Morgan fingerprint density at radius 1 is 1.28 bits per heavy atom. The van der Waals surface area contributed by atoms with Gasteiger partial charge in [0, 0.05) is 26.1 Å². The zero-order valence-electron chi connectivity index (χ0n) is 15.6. The Bertz CT molecular complexity index is 711. The van der Waals surface area contributed by atoms with Crippen LogP contribution in [-0.2, 0) is 13.1 Å². The number of guanidine groups is 1. The van der Waals surface area contributed by atoms with Crippen molar-refractivity contribution >= 4 is 5.96 Å². The third-order valence-electron chi connectivity index (χ3n) is 3.78. The molecule has 7 nitrogen and oxygen atoms in total. The summed E-state index contributed by atoms with van der Waals surface area (Å²) >= 11 is 0. The summed E-state index contributed by atoms with van der Waals surface area (Å²) in [4.78, 5) is 8.37. The summed E-state index contributed by atoms with van der Waals surface area (Å²) in [6.45, 7) is 9.07. The summed E-state index contributed by atoms with van der Waals surface area (Å²) in [5.41, 5.74) is 2.27. The second kappa shape index (κ2) is 9.05. The molecule has 0 aliphatic rings. The Balaban J connectivity index is 1.96. The van der Waals surface area contributed by atoms with Crippen LogP contribution < -0.4 is 15.4 Å². The van der Waals surface area contributed by atoms with E-state index in [2.05, 4.69) is 64.7 Å². The van der Waals surface area contributed by atoms with Crippen molar-refractivity contribution in [3.63, 3.8) is 0 Å². The fourth-order valence-electron chi connectivity index (χ4n) is 2.19. The highest BCUT2D eigenvalue weighted by Gasteiger charge is 2.09. The van der Waals surface area contributed by atoms with E-state index in [4.69, 9.17) is 9.26 Å². The van der Waals surface area contributed by atoms with Crippen LogP contribution in [0.25, 0.3) is 0 Å². The molecule has 1 aromatic heterocycles. The van der Waals surface area contributed by atoms with Gasteiger partial charge >= 0.3 is 0 Å². The second-order valence-corrected chi connectivity index (χ2v) is 5.96. The maximum Gasteiger partial charge on any atom is 0.223 e. The van der Waals surface area contributed by atoms with Crippen LogP contribution in [0.3, 0.4) is 0 Å². The van der Waals surface area contributed by atoms with Gasteiger partial charge in [0.1, 0.15) is 5.75 Å². The third-order valence-corrected chi connectivity index (χ3v) is 3.78. The standard InChI is InChI=1S/C18H27N5O2/c1-6-13(3)24-16-9-12(2)7-8-15(16)10-20-18(19-5)21-11-17-22-14(4)25-23-17/h7-9,13H,6,10-11H2,1-5H3,(H2,19,20,21). The number of hydrogen-bond donors (Lipinski definition) is 2. The van der Waals surface area contributed by atoms with Crippen LogP contribution in [0.5, 0.6) is 5.75 Å². The highest BCUT2D eigenvalue weighted by Crippen LogP contribution is 2.22. The largest absolute Gasteiger partial charge is 0.490 e. The maximum absolute atomic E-state index is 6.04. The number of benzene rings is 1. The first kappa shape index (κ1) is 18.8. The Hall–Kier alpha value is -2.57. The normalized spacial score (nSPS) is 12.8. The van der Waals surface area contributed by atoms with Crippen LogP contribution in [-0.4, -0.2) is 29.3 Å². The smallest absolute Gasteiger partial charge is 0.223 e. The molecule has 0 saturated heterocycles. The number of ether oxygens (including phenoxy) is 1. The van der Waals surface area contributed by atoms with E-state index >= 15 is 0 Å². The van der Waals surface area contributed by atoms with Crippen molar-refractivity contribution in [3.05, 3.63) is 41.0 Å². The van der Waals surface area contributed by atoms with Crippen molar-refractivity contribution in [2.45, 2.75) is 53.3 Å². The lowest BCUT2D eigenvalue weighted by molar-refractivity contribution is 0.215. The molecular formula is C18H27N5O2. The summed E-state index contributed by atoms with van der Waals surface area (Å²) in [6, 6.07) is 6.23. The average Bonchev–Trinajstić information content (AvgIpc) is 3.01. The van der Waals surface area contributed by atoms with Crippen LogP contribution in [0, 0.1) is 13.8 Å².